The highest BCUT2D eigenvalue weighted by Gasteiger charge is 2.31. The number of aryl methyl sites for hydroxylation is 2. The van der Waals surface area contributed by atoms with Crippen molar-refractivity contribution in [2.24, 2.45) is 0 Å². The number of fused-ring (bicyclic) bond motifs is 2. The first-order valence-corrected chi connectivity index (χ1v) is 10.6. The third-order valence-corrected chi connectivity index (χ3v) is 5.34. The number of phosphoric ester groups is 1. The van der Waals surface area contributed by atoms with E-state index in [1.807, 2.05) is 13.8 Å². The normalized spacial score (nSPS) is 15.3. The van der Waals surface area contributed by atoms with E-state index >= 15 is 0 Å². The number of nitrogens with one attached hydrogen (secondary N) is 2. The number of hydrogen-bond acceptors (Lipinski definition) is 8. The molecule has 7 N–H and O–H groups in total. The lowest BCUT2D eigenvalue weighted by atomic mass is 10.1. The van der Waals surface area contributed by atoms with E-state index < -0.39 is 50.5 Å². The van der Waals surface area contributed by atoms with E-state index in [4.69, 9.17) is 9.79 Å². The molecule has 31 heavy (non-hydrogen) atoms. The van der Waals surface area contributed by atoms with Crippen LogP contribution in [0.25, 0.3) is 22.2 Å². The van der Waals surface area contributed by atoms with Crippen LogP contribution in [-0.4, -0.2) is 65.0 Å². The van der Waals surface area contributed by atoms with Crippen LogP contribution in [0.3, 0.4) is 0 Å². The summed E-state index contributed by atoms with van der Waals surface area (Å²) in [6.45, 7) is 2.35. The molecule has 0 amide bonds. The van der Waals surface area contributed by atoms with Gasteiger partial charge in [0.2, 0.25) is 5.52 Å². The Morgan fingerprint density at radius 2 is 1.74 bits per heavy atom. The summed E-state index contributed by atoms with van der Waals surface area (Å²) < 4.78 is 16.3. The number of nitrogens with zero attached hydrogens (tertiary/aromatic N) is 2. The van der Waals surface area contributed by atoms with Crippen molar-refractivity contribution in [2.45, 2.75) is 38.7 Å². The summed E-state index contributed by atoms with van der Waals surface area (Å²) in [6.07, 6.45) is -5.36. The molecule has 1 unspecified atom stereocenters. The first-order valence-electron chi connectivity index (χ1n) is 9.09. The molecule has 0 saturated heterocycles. The van der Waals surface area contributed by atoms with Gasteiger partial charge in [-0.25, -0.2) is 18.9 Å². The van der Waals surface area contributed by atoms with Crippen LogP contribution in [0.15, 0.2) is 21.7 Å². The second-order valence-corrected chi connectivity index (χ2v) is 8.40. The highest BCUT2D eigenvalue weighted by atomic mass is 31.2. The Labute approximate surface area is 173 Å². The minimum absolute atomic E-state index is 0.0169. The lowest BCUT2D eigenvalue weighted by Gasteiger charge is -2.22. The number of benzene rings is 1. The van der Waals surface area contributed by atoms with Gasteiger partial charge in [0, 0.05) is 0 Å². The molecule has 0 aliphatic heterocycles. The zero-order valence-electron chi connectivity index (χ0n) is 16.5. The molecule has 14 heteroatoms. The zero-order chi connectivity index (χ0) is 23.1. The van der Waals surface area contributed by atoms with Crippen LogP contribution in [-0.2, 0) is 15.6 Å². The maximum atomic E-state index is 12.3. The quantitative estimate of drug-likeness (QED) is 0.116. The van der Waals surface area contributed by atoms with Crippen LogP contribution < -0.4 is 15.8 Å². The standard InChI is InChI=1S/C17H21N4O9P/c1-7-3-9-10(4-8(7)2)21(15-13(18-9)16(25)20-17(26)19-15)5-11(22)14(24)12(23)6-30-31(27,28)29/h3-4,11-12,14,22-24H,5-6H2,1-2H3,(H3,20,25,26,27,28,29)/p+1/t11?,12-,14+/m1/s1. The molecule has 2 heterocycles. The average Bonchev–Trinajstić information content (AvgIpc) is 2.67. The van der Waals surface area contributed by atoms with Gasteiger partial charge in [0.25, 0.3) is 5.56 Å². The van der Waals surface area contributed by atoms with E-state index in [1.165, 1.54) is 4.57 Å². The molecule has 13 nitrogen and oxygen atoms in total. The second kappa shape index (κ2) is 8.55. The van der Waals surface area contributed by atoms with Crippen LogP contribution >= 0.6 is 7.82 Å². The van der Waals surface area contributed by atoms with Crippen molar-refractivity contribution in [1.82, 2.24) is 15.0 Å². The SMILES string of the molecule is Cc1cc2nc3c(=O)[nH]c(=O)[nH]c3[n+](CC(O)[C@H](O)[C@H](O)COP(=O)(O)O)c2cc1C. The summed E-state index contributed by atoms with van der Waals surface area (Å²) >= 11 is 0. The molecule has 2 aromatic heterocycles. The Morgan fingerprint density at radius 1 is 1.10 bits per heavy atom. The Bertz CT molecular complexity index is 1300. The van der Waals surface area contributed by atoms with E-state index in [2.05, 4.69) is 19.5 Å². The highest BCUT2D eigenvalue weighted by molar-refractivity contribution is 7.46. The number of hydrogen-bond donors (Lipinski definition) is 7. The van der Waals surface area contributed by atoms with Crippen LogP contribution in [0.1, 0.15) is 11.1 Å². The average molecular weight is 457 g/mol. The molecular formula is C17H22N4O9P+. The summed E-state index contributed by atoms with van der Waals surface area (Å²) in [5.41, 5.74) is 0.888. The predicted octanol–water partition coefficient (Wildman–Crippen LogP) is -2.14. The molecule has 3 atom stereocenters. The van der Waals surface area contributed by atoms with E-state index in [-0.39, 0.29) is 11.2 Å². The van der Waals surface area contributed by atoms with Gasteiger partial charge in [-0.2, -0.15) is 4.98 Å². The number of aliphatic hydroxyl groups is 3. The van der Waals surface area contributed by atoms with Crippen molar-refractivity contribution < 1.29 is 38.8 Å². The number of phosphoric acid groups is 1. The molecule has 0 radical (unpaired) electrons. The third kappa shape index (κ3) is 5.05. The first-order chi connectivity index (χ1) is 14.4. The summed E-state index contributed by atoms with van der Waals surface area (Å²) in [4.78, 5) is 50.3. The third-order valence-electron chi connectivity index (χ3n) is 4.85. The molecule has 0 saturated carbocycles. The van der Waals surface area contributed by atoms with Gasteiger partial charge in [0.05, 0.1) is 6.61 Å². The van der Waals surface area contributed by atoms with Gasteiger partial charge in [0.1, 0.15) is 30.4 Å². The zero-order valence-corrected chi connectivity index (χ0v) is 17.4. The summed E-state index contributed by atoms with van der Waals surface area (Å²) in [7, 11) is -4.89. The molecule has 3 aromatic rings. The van der Waals surface area contributed by atoms with Crippen LogP contribution in [0.5, 0.6) is 0 Å². The fourth-order valence-corrected chi connectivity index (χ4v) is 3.46. The number of rotatable bonds is 7. The van der Waals surface area contributed by atoms with E-state index in [0.29, 0.717) is 11.0 Å². The van der Waals surface area contributed by atoms with Gasteiger partial charge in [0.15, 0.2) is 5.52 Å². The number of H-pyrrole nitrogens is 2. The van der Waals surface area contributed by atoms with Crippen LogP contribution in [0.4, 0.5) is 0 Å². The molecule has 0 bridgehead atoms. The maximum absolute atomic E-state index is 12.3. The monoisotopic (exact) mass is 457 g/mol. The van der Waals surface area contributed by atoms with Gasteiger partial charge in [-0.05, 0) is 37.1 Å². The van der Waals surface area contributed by atoms with E-state index in [0.717, 1.165) is 11.1 Å². The van der Waals surface area contributed by atoms with E-state index in [1.54, 1.807) is 12.1 Å². The summed E-state index contributed by atoms with van der Waals surface area (Å²) in [5.74, 6) is 0. The lowest BCUT2D eigenvalue weighted by molar-refractivity contribution is -0.657. The van der Waals surface area contributed by atoms with Gasteiger partial charge >= 0.3 is 19.2 Å². The molecule has 0 aliphatic carbocycles. The summed E-state index contributed by atoms with van der Waals surface area (Å²) in [5, 5.41) is 30.6. The Morgan fingerprint density at radius 3 is 2.39 bits per heavy atom. The number of aromatic amines is 2. The van der Waals surface area contributed by atoms with Crippen molar-refractivity contribution in [3.8, 4) is 0 Å². The first kappa shape index (κ1) is 23.2. The van der Waals surface area contributed by atoms with Crippen molar-refractivity contribution in [3.05, 3.63) is 44.1 Å². The smallest absolute Gasteiger partial charge is 0.388 e. The Kier molecular flexibility index (Phi) is 6.39. The lowest BCUT2D eigenvalue weighted by Crippen LogP contribution is -2.51. The topological polar surface area (TPSA) is 210 Å². The molecule has 0 aliphatic rings. The Hall–Kier alpha value is -2.51. The fraction of sp³-hybridized carbons (Fsp3) is 0.412. The van der Waals surface area contributed by atoms with Gasteiger partial charge in [-0.15, -0.1) is 0 Å². The predicted molar refractivity (Wildman–Crippen MR) is 106 cm³/mol. The highest BCUT2D eigenvalue weighted by Crippen LogP contribution is 2.35. The second-order valence-electron chi connectivity index (χ2n) is 7.16. The minimum atomic E-state index is -4.89. The van der Waals surface area contributed by atoms with Gasteiger partial charge in [-0.1, -0.05) is 0 Å². The molecule has 1 aromatic carbocycles. The number of aliphatic hydroxyl groups excluding tert-OH is 3. The Balaban J connectivity index is 2.08. The molecule has 3 rings (SSSR count). The van der Waals surface area contributed by atoms with E-state index in [9.17, 15) is 29.5 Å². The molecule has 0 fully saturated rings. The largest absolute Gasteiger partial charge is 0.469 e. The number of aromatic nitrogens is 4. The van der Waals surface area contributed by atoms with Crippen molar-refractivity contribution >= 4 is 30.0 Å². The minimum Gasteiger partial charge on any atom is -0.388 e. The molecule has 0 spiro atoms. The van der Waals surface area contributed by atoms with Gasteiger partial charge < -0.3 is 25.1 Å². The van der Waals surface area contributed by atoms with Gasteiger partial charge in [-0.3, -0.25) is 14.3 Å². The van der Waals surface area contributed by atoms with Crippen molar-refractivity contribution in [3.63, 3.8) is 0 Å². The van der Waals surface area contributed by atoms with Crippen LogP contribution in [0.2, 0.25) is 0 Å². The van der Waals surface area contributed by atoms with Crippen molar-refractivity contribution in [1.29, 1.82) is 0 Å². The fourth-order valence-electron chi connectivity index (χ4n) is 3.11. The van der Waals surface area contributed by atoms with Crippen LogP contribution in [0, 0.1) is 13.8 Å². The molecule has 168 valence electrons. The summed E-state index contributed by atoms with van der Waals surface area (Å²) in [6, 6.07) is 3.44. The maximum Gasteiger partial charge on any atom is 0.469 e. The van der Waals surface area contributed by atoms with Crippen molar-refractivity contribution in [2.75, 3.05) is 6.61 Å². The molecular weight excluding hydrogens is 435 g/mol.